The van der Waals surface area contributed by atoms with Gasteiger partial charge in [-0.25, -0.2) is 9.78 Å². The number of pyridine rings is 1. The second kappa shape index (κ2) is 6.85. The van der Waals surface area contributed by atoms with Gasteiger partial charge >= 0.3 is 5.97 Å². The van der Waals surface area contributed by atoms with Crippen molar-refractivity contribution in [1.82, 2.24) is 4.98 Å². The molecule has 0 atom stereocenters. The zero-order chi connectivity index (χ0) is 15.2. The monoisotopic (exact) mass is 350 g/mol. The van der Waals surface area contributed by atoms with Crippen molar-refractivity contribution >= 4 is 33.5 Å². The number of ether oxygens (including phenoxy) is 1. The van der Waals surface area contributed by atoms with E-state index < -0.39 is 12.6 Å². The molecular formula is C14H11BrN2O4. The van der Waals surface area contributed by atoms with Crippen molar-refractivity contribution in [3.63, 3.8) is 0 Å². The van der Waals surface area contributed by atoms with E-state index in [4.69, 9.17) is 9.84 Å². The number of anilines is 1. The lowest BCUT2D eigenvalue weighted by molar-refractivity contribution is -0.139. The largest absolute Gasteiger partial charge is 0.482 e. The number of aromatic nitrogens is 1. The number of carbonyl (C=O) groups is 2. The molecule has 1 aromatic heterocycles. The van der Waals surface area contributed by atoms with E-state index in [9.17, 15) is 9.59 Å². The summed E-state index contributed by atoms with van der Waals surface area (Å²) in [5, 5.41) is 11.2. The predicted octanol–water partition coefficient (Wildman–Crippen LogP) is 2.56. The Hall–Kier alpha value is -2.41. The Balaban J connectivity index is 2.00. The Morgan fingerprint density at radius 3 is 2.52 bits per heavy atom. The predicted molar refractivity (Wildman–Crippen MR) is 79.5 cm³/mol. The van der Waals surface area contributed by atoms with Gasteiger partial charge in [0.05, 0.1) is 0 Å². The molecule has 0 spiro atoms. The summed E-state index contributed by atoms with van der Waals surface area (Å²) in [6, 6.07) is 11.4. The molecule has 2 N–H and O–H groups in total. The molecule has 6 nitrogen and oxygen atoms in total. The van der Waals surface area contributed by atoms with Gasteiger partial charge in [-0.3, -0.25) is 4.79 Å². The van der Waals surface area contributed by atoms with E-state index in [1.807, 2.05) is 0 Å². The second-order valence-corrected chi connectivity index (χ2v) is 4.82. The average molecular weight is 351 g/mol. The summed E-state index contributed by atoms with van der Waals surface area (Å²) in [6.07, 6.45) is 0. The first-order valence-corrected chi connectivity index (χ1v) is 6.72. The molecule has 0 unspecified atom stereocenters. The summed E-state index contributed by atoms with van der Waals surface area (Å²) < 4.78 is 5.57. The molecule has 0 fully saturated rings. The van der Waals surface area contributed by atoms with E-state index in [2.05, 4.69) is 26.2 Å². The van der Waals surface area contributed by atoms with Crippen molar-refractivity contribution in [1.29, 1.82) is 0 Å². The van der Waals surface area contributed by atoms with Crippen LogP contribution in [0.15, 0.2) is 47.1 Å². The number of benzene rings is 1. The molecular weight excluding hydrogens is 340 g/mol. The van der Waals surface area contributed by atoms with E-state index in [0.717, 1.165) is 0 Å². The summed E-state index contributed by atoms with van der Waals surface area (Å²) in [5.74, 6) is -0.973. The molecule has 1 aromatic carbocycles. The zero-order valence-corrected chi connectivity index (χ0v) is 12.3. The SMILES string of the molecule is O=C(O)COc1ccc(NC(=O)c2cccc(Br)n2)cc1. The number of hydrogen-bond acceptors (Lipinski definition) is 4. The normalized spacial score (nSPS) is 9.95. The standard InChI is InChI=1S/C14H11BrN2O4/c15-12-3-1-2-11(17-12)14(20)16-9-4-6-10(7-5-9)21-8-13(18)19/h1-7H,8H2,(H,16,20)(H,18,19). The molecule has 7 heteroatoms. The van der Waals surface area contributed by atoms with Crippen LogP contribution in [0.2, 0.25) is 0 Å². The Bertz CT molecular complexity index is 658. The molecule has 2 aromatic rings. The van der Waals surface area contributed by atoms with Crippen molar-refractivity contribution < 1.29 is 19.4 Å². The third-order valence-corrected chi connectivity index (χ3v) is 2.86. The lowest BCUT2D eigenvalue weighted by Crippen LogP contribution is -2.13. The van der Waals surface area contributed by atoms with Crippen LogP contribution in [0.3, 0.4) is 0 Å². The first-order chi connectivity index (χ1) is 10.0. The minimum Gasteiger partial charge on any atom is -0.482 e. The number of hydrogen-bond donors (Lipinski definition) is 2. The van der Waals surface area contributed by atoms with Gasteiger partial charge in [0.15, 0.2) is 6.61 Å². The molecule has 1 amide bonds. The van der Waals surface area contributed by atoms with Crippen molar-refractivity contribution in [3.8, 4) is 5.75 Å². The topological polar surface area (TPSA) is 88.5 Å². The Kier molecular flexibility index (Phi) is 4.89. The summed E-state index contributed by atoms with van der Waals surface area (Å²) in [7, 11) is 0. The first-order valence-electron chi connectivity index (χ1n) is 5.93. The highest BCUT2D eigenvalue weighted by molar-refractivity contribution is 9.10. The van der Waals surface area contributed by atoms with Crippen molar-refractivity contribution in [2.24, 2.45) is 0 Å². The van der Waals surface area contributed by atoms with Crippen molar-refractivity contribution in [2.75, 3.05) is 11.9 Å². The number of carboxylic acids is 1. The Morgan fingerprint density at radius 2 is 1.90 bits per heavy atom. The van der Waals surface area contributed by atoms with Crippen LogP contribution in [-0.4, -0.2) is 28.6 Å². The molecule has 108 valence electrons. The Labute approximate surface area is 128 Å². The molecule has 21 heavy (non-hydrogen) atoms. The lowest BCUT2D eigenvalue weighted by atomic mass is 10.3. The van der Waals surface area contributed by atoms with Gasteiger partial charge in [0.25, 0.3) is 5.91 Å². The van der Waals surface area contributed by atoms with Crippen LogP contribution in [0.4, 0.5) is 5.69 Å². The molecule has 0 saturated carbocycles. The fourth-order valence-corrected chi connectivity index (χ4v) is 1.85. The van der Waals surface area contributed by atoms with Crippen LogP contribution >= 0.6 is 15.9 Å². The number of nitrogens with one attached hydrogen (secondary N) is 1. The minimum atomic E-state index is -1.05. The number of aliphatic carboxylic acids is 1. The molecule has 0 radical (unpaired) electrons. The third kappa shape index (κ3) is 4.57. The van der Waals surface area contributed by atoms with E-state index in [1.54, 1.807) is 42.5 Å². The number of carboxylic acid groups (broad SMARTS) is 1. The summed E-state index contributed by atoms with van der Waals surface area (Å²) in [6.45, 7) is -0.409. The summed E-state index contributed by atoms with van der Waals surface area (Å²) in [4.78, 5) is 26.4. The molecule has 1 heterocycles. The van der Waals surface area contributed by atoms with Crippen molar-refractivity contribution in [3.05, 3.63) is 52.8 Å². The van der Waals surface area contributed by atoms with Gasteiger partial charge in [-0.2, -0.15) is 0 Å². The van der Waals surface area contributed by atoms with E-state index in [0.29, 0.717) is 16.0 Å². The third-order valence-electron chi connectivity index (χ3n) is 2.42. The van der Waals surface area contributed by atoms with Gasteiger partial charge in [0.2, 0.25) is 0 Å². The van der Waals surface area contributed by atoms with Crippen LogP contribution in [0.5, 0.6) is 5.75 Å². The van der Waals surface area contributed by atoms with Crippen molar-refractivity contribution in [2.45, 2.75) is 0 Å². The van der Waals surface area contributed by atoms with Crippen LogP contribution in [0, 0.1) is 0 Å². The second-order valence-electron chi connectivity index (χ2n) is 4.01. The summed E-state index contributed by atoms with van der Waals surface area (Å²) >= 11 is 3.20. The molecule has 2 rings (SSSR count). The van der Waals surface area contributed by atoms with Gasteiger partial charge in [0.1, 0.15) is 16.0 Å². The highest BCUT2D eigenvalue weighted by Crippen LogP contribution is 2.16. The maximum absolute atomic E-state index is 12.0. The number of halogens is 1. The zero-order valence-electron chi connectivity index (χ0n) is 10.7. The van der Waals surface area contributed by atoms with Gasteiger partial charge in [-0.05, 0) is 52.3 Å². The van der Waals surface area contributed by atoms with Gasteiger partial charge in [0, 0.05) is 5.69 Å². The first kappa shape index (κ1) is 15.0. The van der Waals surface area contributed by atoms with Crippen LogP contribution in [-0.2, 0) is 4.79 Å². The van der Waals surface area contributed by atoms with Crippen LogP contribution in [0.25, 0.3) is 0 Å². The quantitative estimate of drug-likeness (QED) is 0.809. The van der Waals surface area contributed by atoms with E-state index in [1.165, 1.54) is 0 Å². The minimum absolute atomic E-state index is 0.288. The molecule has 0 bridgehead atoms. The van der Waals surface area contributed by atoms with E-state index >= 15 is 0 Å². The number of rotatable bonds is 5. The molecule has 0 saturated heterocycles. The van der Waals surface area contributed by atoms with Crippen LogP contribution in [0.1, 0.15) is 10.5 Å². The molecule has 0 aliphatic heterocycles. The number of carbonyl (C=O) groups excluding carboxylic acids is 1. The molecule has 0 aliphatic carbocycles. The van der Waals surface area contributed by atoms with Gasteiger partial charge < -0.3 is 15.2 Å². The Morgan fingerprint density at radius 1 is 1.19 bits per heavy atom. The average Bonchev–Trinajstić information content (AvgIpc) is 2.46. The maximum atomic E-state index is 12.0. The fourth-order valence-electron chi connectivity index (χ4n) is 1.51. The van der Waals surface area contributed by atoms with Crippen LogP contribution < -0.4 is 10.1 Å². The summed E-state index contributed by atoms with van der Waals surface area (Å²) in [5.41, 5.74) is 0.847. The molecule has 0 aliphatic rings. The number of nitrogens with zero attached hydrogens (tertiary/aromatic N) is 1. The fraction of sp³-hybridized carbons (Fsp3) is 0.0714. The lowest BCUT2D eigenvalue weighted by Gasteiger charge is -2.07. The van der Waals surface area contributed by atoms with Gasteiger partial charge in [-0.15, -0.1) is 0 Å². The smallest absolute Gasteiger partial charge is 0.341 e. The van der Waals surface area contributed by atoms with Gasteiger partial charge in [-0.1, -0.05) is 6.07 Å². The van der Waals surface area contributed by atoms with E-state index in [-0.39, 0.29) is 11.6 Å². The highest BCUT2D eigenvalue weighted by Gasteiger charge is 2.08. The number of amides is 1. The maximum Gasteiger partial charge on any atom is 0.341 e. The highest BCUT2D eigenvalue weighted by atomic mass is 79.9.